The molecule has 0 spiro atoms. The first-order valence-corrected chi connectivity index (χ1v) is 6.37. The summed E-state index contributed by atoms with van der Waals surface area (Å²) in [5.41, 5.74) is 0. The average Bonchev–Trinajstić information content (AvgIpc) is 2.29. The number of hydrogen-bond acceptors (Lipinski definition) is 2. The molecule has 0 aliphatic heterocycles. The maximum absolute atomic E-state index is 13.5. The highest BCUT2D eigenvalue weighted by molar-refractivity contribution is 7.80. The van der Waals surface area contributed by atoms with E-state index in [9.17, 15) is 4.39 Å². The molecule has 1 unspecified atom stereocenters. The Kier molecular flexibility index (Phi) is 5.99. The van der Waals surface area contributed by atoms with Crippen LogP contribution in [0.2, 0.25) is 5.02 Å². The van der Waals surface area contributed by atoms with Gasteiger partial charge in [-0.25, -0.2) is 4.39 Å². The number of thiol groups is 1. The van der Waals surface area contributed by atoms with Gasteiger partial charge in [-0.2, -0.15) is 12.6 Å². The van der Waals surface area contributed by atoms with Crippen molar-refractivity contribution in [1.29, 1.82) is 0 Å². The van der Waals surface area contributed by atoms with E-state index in [1.165, 1.54) is 6.07 Å². The van der Waals surface area contributed by atoms with Crippen molar-refractivity contribution >= 4 is 24.2 Å². The van der Waals surface area contributed by atoms with E-state index < -0.39 is 5.82 Å². The molecule has 16 heavy (non-hydrogen) atoms. The van der Waals surface area contributed by atoms with Crippen molar-refractivity contribution in [2.45, 2.75) is 19.8 Å². The molecule has 4 heteroatoms. The third kappa shape index (κ3) is 3.87. The predicted octanol–water partition coefficient (Wildman–Crippen LogP) is 4.20. The third-order valence-corrected chi connectivity index (χ3v) is 3.15. The lowest BCUT2D eigenvalue weighted by Gasteiger charge is -2.15. The van der Waals surface area contributed by atoms with Gasteiger partial charge in [0.25, 0.3) is 0 Å². The van der Waals surface area contributed by atoms with E-state index in [0.717, 1.165) is 18.6 Å². The SMILES string of the molecule is CCCC(CS)COc1cccc(Cl)c1F. The van der Waals surface area contributed by atoms with Crippen LogP contribution in [-0.4, -0.2) is 12.4 Å². The average molecular weight is 263 g/mol. The second-order valence-electron chi connectivity index (χ2n) is 3.70. The van der Waals surface area contributed by atoms with Gasteiger partial charge in [0.1, 0.15) is 0 Å². The molecule has 1 atom stereocenters. The van der Waals surface area contributed by atoms with Gasteiger partial charge in [0.2, 0.25) is 0 Å². The van der Waals surface area contributed by atoms with Crippen molar-refractivity contribution < 1.29 is 9.13 Å². The molecular weight excluding hydrogens is 247 g/mol. The topological polar surface area (TPSA) is 9.23 Å². The largest absolute Gasteiger partial charge is 0.490 e. The van der Waals surface area contributed by atoms with E-state index in [2.05, 4.69) is 19.6 Å². The summed E-state index contributed by atoms with van der Waals surface area (Å²) in [6, 6.07) is 4.77. The van der Waals surface area contributed by atoms with Crippen LogP contribution in [0.3, 0.4) is 0 Å². The Hall–Kier alpha value is -0.410. The lowest BCUT2D eigenvalue weighted by Crippen LogP contribution is -2.14. The second kappa shape index (κ2) is 7.02. The van der Waals surface area contributed by atoms with Crippen molar-refractivity contribution in [3.63, 3.8) is 0 Å². The van der Waals surface area contributed by atoms with Crippen molar-refractivity contribution in [2.24, 2.45) is 5.92 Å². The van der Waals surface area contributed by atoms with Crippen LogP contribution < -0.4 is 4.74 Å². The first-order valence-electron chi connectivity index (χ1n) is 5.36. The van der Waals surface area contributed by atoms with Gasteiger partial charge < -0.3 is 4.74 Å². The molecule has 1 aromatic rings. The minimum atomic E-state index is -0.487. The molecule has 1 nitrogen and oxygen atoms in total. The molecule has 0 radical (unpaired) electrons. The van der Waals surface area contributed by atoms with Gasteiger partial charge in [0.05, 0.1) is 11.6 Å². The monoisotopic (exact) mass is 262 g/mol. The van der Waals surface area contributed by atoms with Crippen LogP contribution in [-0.2, 0) is 0 Å². The molecule has 0 saturated carbocycles. The van der Waals surface area contributed by atoms with E-state index in [0.29, 0.717) is 12.5 Å². The van der Waals surface area contributed by atoms with Crippen molar-refractivity contribution in [3.05, 3.63) is 29.0 Å². The van der Waals surface area contributed by atoms with Gasteiger partial charge in [-0.05, 0) is 24.3 Å². The summed E-state index contributed by atoms with van der Waals surface area (Å²) in [6.07, 6.45) is 2.11. The van der Waals surface area contributed by atoms with Crippen molar-refractivity contribution in [3.8, 4) is 5.75 Å². The lowest BCUT2D eigenvalue weighted by molar-refractivity contribution is 0.244. The summed E-state index contributed by atoms with van der Waals surface area (Å²) >= 11 is 9.90. The van der Waals surface area contributed by atoms with Gasteiger partial charge in [0, 0.05) is 5.92 Å². The van der Waals surface area contributed by atoms with Gasteiger partial charge in [-0.3, -0.25) is 0 Å². The van der Waals surface area contributed by atoms with Gasteiger partial charge >= 0.3 is 0 Å². The maximum Gasteiger partial charge on any atom is 0.183 e. The van der Waals surface area contributed by atoms with Crippen LogP contribution >= 0.6 is 24.2 Å². The fraction of sp³-hybridized carbons (Fsp3) is 0.500. The molecule has 1 aromatic carbocycles. The van der Waals surface area contributed by atoms with Crippen LogP contribution in [0.1, 0.15) is 19.8 Å². The number of benzene rings is 1. The standard InChI is InChI=1S/C12H16ClFOS/c1-2-4-9(8-16)7-15-11-6-3-5-10(13)12(11)14/h3,5-6,9,16H,2,4,7-8H2,1H3. The van der Waals surface area contributed by atoms with Crippen LogP contribution in [0, 0.1) is 11.7 Å². The first kappa shape index (κ1) is 13.7. The number of ether oxygens (including phenoxy) is 1. The molecule has 0 fully saturated rings. The van der Waals surface area contributed by atoms with E-state index in [4.69, 9.17) is 16.3 Å². The Balaban J connectivity index is 2.56. The van der Waals surface area contributed by atoms with Crippen LogP contribution in [0.25, 0.3) is 0 Å². The highest BCUT2D eigenvalue weighted by Gasteiger charge is 2.10. The second-order valence-corrected chi connectivity index (χ2v) is 4.47. The van der Waals surface area contributed by atoms with Crippen LogP contribution in [0.5, 0.6) is 5.75 Å². The fourth-order valence-corrected chi connectivity index (χ4v) is 1.89. The van der Waals surface area contributed by atoms with E-state index in [1.807, 2.05) is 0 Å². The van der Waals surface area contributed by atoms with Crippen LogP contribution in [0.15, 0.2) is 18.2 Å². The molecule has 0 aliphatic rings. The molecule has 0 saturated heterocycles. The zero-order valence-electron chi connectivity index (χ0n) is 9.25. The van der Waals surface area contributed by atoms with Gasteiger partial charge in [-0.15, -0.1) is 0 Å². The lowest BCUT2D eigenvalue weighted by atomic mass is 10.1. The summed E-state index contributed by atoms with van der Waals surface area (Å²) in [7, 11) is 0. The van der Waals surface area contributed by atoms with Gasteiger partial charge in [-0.1, -0.05) is 31.0 Å². The Morgan fingerprint density at radius 2 is 2.25 bits per heavy atom. The zero-order valence-corrected chi connectivity index (χ0v) is 10.9. The molecule has 0 heterocycles. The summed E-state index contributed by atoms with van der Waals surface area (Å²) in [5, 5.41) is 0.0930. The first-order chi connectivity index (χ1) is 7.69. The van der Waals surface area contributed by atoms with Crippen molar-refractivity contribution in [1.82, 2.24) is 0 Å². The third-order valence-electron chi connectivity index (χ3n) is 2.35. The molecule has 0 aromatic heterocycles. The molecule has 0 N–H and O–H groups in total. The minimum Gasteiger partial charge on any atom is -0.490 e. The Labute approximate surface area is 106 Å². The summed E-state index contributed by atoms with van der Waals surface area (Å²) < 4.78 is 18.9. The molecular formula is C12H16ClFOS. The van der Waals surface area contributed by atoms with Crippen LogP contribution in [0.4, 0.5) is 4.39 Å². The van der Waals surface area contributed by atoms with Crippen molar-refractivity contribution in [2.75, 3.05) is 12.4 Å². The van der Waals surface area contributed by atoms with E-state index >= 15 is 0 Å². The summed E-state index contributed by atoms with van der Waals surface area (Å²) in [4.78, 5) is 0. The van der Waals surface area contributed by atoms with E-state index in [-0.39, 0.29) is 10.8 Å². The molecule has 0 aliphatic carbocycles. The highest BCUT2D eigenvalue weighted by atomic mass is 35.5. The Morgan fingerprint density at radius 3 is 2.88 bits per heavy atom. The molecule has 1 rings (SSSR count). The quantitative estimate of drug-likeness (QED) is 0.756. The molecule has 90 valence electrons. The fourth-order valence-electron chi connectivity index (χ4n) is 1.44. The number of halogens is 2. The Bertz CT molecular complexity index is 333. The zero-order chi connectivity index (χ0) is 12.0. The normalized spacial score (nSPS) is 12.5. The van der Waals surface area contributed by atoms with Gasteiger partial charge in [0.15, 0.2) is 11.6 Å². The minimum absolute atomic E-state index is 0.0930. The Morgan fingerprint density at radius 1 is 1.50 bits per heavy atom. The molecule has 0 amide bonds. The smallest absolute Gasteiger partial charge is 0.183 e. The number of rotatable bonds is 6. The summed E-state index contributed by atoms with van der Waals surface area (Å²) in [5.74, 6) is 0.830. The maximum atomic E-state index is 13.5. The highest BCUT2D eigenvalue weighted by Crippen LogP contribution is 2.24. The molecule has 0 bridgehead atoms. The summed E-state index contributed by atoms with van der Waals surface area (Å²) in [6.45, 7) is 2.59. The number of hydrogen-bond donors (Lipinski definition) is 1. The van der Waals surface area contributed by atoms with E-state index in [1.54, 1.807) is 12.1 Å². The predicted molar refractivity (Wildman–Crippen MR) is 69.2 cm³/mol.